The maximum absolute atomic E-state index is 12.3. The summed E-state index contributed by atoms with van der Waals surface area (Å²) in [5.41, 5.74) is 0.643. The van der Waals surface area contributed by atoms with Gasteiger partial charge in [-0.15, -0.1) is 0 Å². The fraction of sp³-hybridized carbons (Fsp3) is 0.529. The van der Waals surface area contributed by atoms with Gasteiger partial charge in [0.2, 0.25) is 5.91 Å². The van der Waals surface area contributed by atoms with Gasteiger partial charge in [0, 0.05) is 32.0 Å². The molecule has 0 saturated carbocycles. The maximum Gasteiger partial charge on any atom is 0.407 e. The van der Waals surface area contributed by atoms with Crippen molar-refractivity contribution in [3.63, 3.8) is 0 Å². The van der Waals surface area contributed by atoms with Crippen molar-refractivity contribution in [2.45, 2.75) is 31.8 Å². The van der Waals surface area contributed by atoms with Crippen molar-refractivity contribution < 1.29 is 19.4 Å². The Labute approximate surface area is 135 Å². The van der Waals surface area contributed by atoms with E-state index in [4.69, 9.17) is 4.74 Å². The standard InChI is InChI=1S/C17H22N2O4/c1-17(7-8-19(17)16(21)22)13-9-15(20)18(11-13)10-12-3-5-14(23-2)6-4-12/h3-6,13H,7-11H2,1-2H3,(H,21,22). The first kappa shape index (κ1) is 15.6. The Hall–Kier alpha value is -2.24. The molecule has 2 aliphatic heterocycles. The van der Waals surface area contributed by atoms with E-state index in [9.17, 15) is 14.7 Å². The first-order valence-corrected chi connectivity index (χ1v) is 7.85. The van der Waals surface area contributed by atoms with Gasteiger partial charge in [-0.1, -0.05) is 12.1 Å². The lowest BCUT2D eigenvalue weighted by atomic mass is 9.75. The van der Waals surface area contributed by atoms with Gasteiger partial charge in [-0.2, -0.15) is 0 Å². The molecule has 2 aliphatic rings. The molecular weight excluding hydrogens is 296 g/mol. The van der Waals surface area contributed by atoms with Crippen LogP contribution < -0.4 is 4.74 Å². The zero-order chi connectivity index (χ0) is 16.6. The second kappa shape index (κ2) is 5.76. The summed E-state index contributed by atoms with van der Waals surface area (Å²) in [6.45, 7) is 3.70. The number of amides is 2. The number of carboxylic acid groups (broad SMARTS) is 1. The second-order valence-corrected chi connectivity index (χ2v) is 6.56. The number of hydrogen-bond donors (Lipinski definition) is 1. The second-order valence-electron chi connectivity index (χ2n) is 6.56. The van der Waals surface area contributed by atoms with E-state index in [1.54, 1.807) is 7.11 Å². The van der Waals surface area contributed by atoms with Crippen LogP contribution >= 0.6 is 0 Å². The third kappa shape index (κ3) is 2.73. The molecule has 2 heterocycles. The maximum atomic E-state index is 12.3. The highest BCUT2D eigenvalue weighted by molar-refractivity contribution is 5.79. The summed E-state index contributed by atoms with van der Waals surface area (Å²) in [7, 11) is 1.62. The minimum absolute atomic E-state index is 0.0677. The van der Waals surface area contributed by atoms with E-state index in [0.717, 1.165) is 17.7 Å². The average molecular weight is 318 g/mol. The number of hydrogen-bond acceptors (Lipinski definition) is 3. The van der Waals surface area contributed by atoms with E-state index in [0.29, 0.717) is 26.1 Å². The first-order chi connectivity index (χ1) is 10.9. The number of nitrogens with zero attached hydrogens (tertiary/aromatic N) is 2. The minimum Gasteiger partial charge on any atom is -0.497 e. The molecule has 3 rings (SSSR count). The Kier molecular flexibility index (Phi) is 3.92. The Morgan fingerprint density at radius 3 is 2.61 bits per heavy atom. The molecule has 2 saturated heterocycles. The molecular formula is C17H22N2O4. The van der Waals surface area contributed by atoms with E-state index < -0.39 is 11.6 Å². The minimum atomic E-state index is -0.889. The topological polar surface area (TPSA) is 70.1 Å². The van der Waals surface area contributed by atoms with Crippen LogP contribution in [0.2, 0.25) is 0 Å². The van der Waals surface area contributed by atoms with Crippen LogP contribution in [0.1, 0.15) is 25.3 Å². The molecule has 23 heavy (non-hydrogen) atoms. The van der Waals surface area contributed by atoms with Crippen molar-refractivity contribution in [3.8, 4) is 5.75 Å². The van der Waals surface area contributed by atoms with Gasteiger partial charge in [-0.05, 0) is 31.0 Å². The van der Waals surface area contributed by atoms with Crippen molar-refractivity contribution in [3.05, 3.63) is 29.8 Å². The van der Waals surface area contributed by atoms with Gasteiger partial charge < -0.3 is 19.6 Å². The van der Waals surface area contributed by atoms with Gasteiger partial charge in [0.05, 0.1) is 12.6 Å². The monoisotopic (exact) mass is 318 g/mol. The van der Waals surface area contributed by atoms with E-state index in [-0.39, 0.29) is 11.8 Å². The van der Waals surface area contributed by atoms with Gasteiger partial charge in [0.25, 0.3) is 0 Å². The zero-order valence-electron chi connectivity index (χ0n) is 13.5. The molecule has 1 N–H and O–H groups in total. The number of carbonyl (C=O) groups is 2. The van der Waals surface area contributed by atoms with Crippen LogP contribution in [0, 0.1) is 5.92 Å². The molecule has 2 unspecified atom stereocenters. The molecule has 0 aliphatic carbocycles. The molecule has 1 aromatic rings. The molecule has 6 nitrogen and oxygen atoms in total. The lowest BCUT2D eigenvalue weighted by molar-refractivity contribution is -0.128. The summed E-state index contributed by atoms with van der Waals surface area (Å²) < 4.78 is 5.14. The van der Waals surface area contributed by atoms with Gasteiger partial charge in [0.15, 0.2) is 0 Å². The smallest absolute Gasteiger partial charge is 0.407 e. The predicted molar refractivity (Wildman–Crippen MR) is 84.3 cm³/mol. The fourth-order valence-corrected chi connectivity index (χ4v) is 3.61. The van der Waals surface area contributed by atoms with Crippen LogP contribution in [-0.2, 0) is 11.3 Å². The summed E-state index contributed by atoms with van der Waals surface area (Å²) in [5, 5.41) is 9.26. The molecule has 124 valence electrons. The predicted octanol–water partition coefficient (Wildman–Crippen LogP) is 2.19. The number of ether oxygens (including phenoxy) is 1. The van der Waals surface area contributed by atoms with Crippen molar-refractivity contribution in [1.82, 2.24) is 9.80 Å². The Balaban J connectivity index is 1.66. The summed E-state index contributed by atoms with van der Waals surface area (Å²) in [4.78, 5) is 26.9. The summed E-state index contributed by atoms with van der Waals surface area (Å²) in [6, 6.07) is 7.67. The normalized spacial score (nSPS) is 27.0. The van der Waals surface area contributed by atoms with Crippen LogP contribution in [0.3, 0.4) is 0 Å². The third-order valence-electron chi connectivity index (χ3n) is 5.32. The molecule has 2 amide bonds. The quantitative estimate of drug-likeness (QED) is 0.924. The SMILES string of the molecule is COc1ccc(CN2CC(C3(C)CCN3C(=O)O)CC2=O)cc1. The van der Waals surface area contributed by atoms with Crippen molar-refractivity contribution in [1.29, 1.82) is 0 Å². The summed E-state index contributed by atoms with van der Waals surface area (Å²) >= 11 is 0. The van der Waals surface area contributed by atoms with Crippen molar-refractivity contribution in [2.24, 2.45) is 5.92 Å². The third-order valence-corrected chi connectivity index (χ3v) is 5.32. The van der Waals surface area contributed by atoms with Crippen LogP contribution in [0.15, 0.2) is 24.3 Å². The van der Waals surface area contributed by atoms with Crippen LogP contribution in [0.4, 0.5) is 4.79 Å². The van der Waals surface area contributed by atoms with E-state index in [1.165, 1.54) is 4.90 Å². The Morgan fingerprint density at radius 2 is 2.09 bits per heavy atom. The summed E-state index contributed by atoms with van der Waals surface area (Å²) in [5.74, 6) is 0.959. The highest BCUT2D eigenvalue weighted by Crippen LogP contribution is 2.42. The molecule has 0 aromatic heterocycles. The van der Waals surface area contributed by atoms with Gasteiger partial charge in [0.1, 0.15) is 5.75 Å². The van der Waals surface area contributed by atoms with Gasteiger partial charge in [-0.25, -0.2) is 4.79 Å². The molecule has 0 radical (unpaired) electrons. The van der Waals surface area contributed by atoms with Crippen molar-refractivity contribution >= 4 is 12.0 Å². The van der Waals surface area contributed by atoms with Crippen LogP contribution in [0.5, 0.6) is 5.75 Å². The number of likely N-dealkylation sites (tertiary alicyclic amines) is 2. The first-order valence-electron chi connectivity index (χ1n) is 7.85. The highest BCUT2D eigenvalue weighted by atomic mass is 16.5. The highest BCUT2D eigenvalue weighted by Gasteiger charge is 2.52. The van der Waals surface area contributed by atoms with E-state index >= 15 is 0 Å². The molecule has 2 atom stereocenters. The Morgan fingerprint density at radius 1 is 1.39 bits per heavy atom. The van der Waals surface area contributed by atoms with Crippen LogP contribution in [-0.4, -0.2) is 52.6 Å². The molecule has 0 spiro atoms. The molecule has 1 aromatic carbocycles. The average Bonchev–Trinajstić information content (AvgIpc) is 2.87. The number of carbonyl (C=O) groups excluding carboxylic acids is 1. The summed E-state index contributed by atoms with van der Waals surface area (Å²) in [6.07, 6.45) is 0.365. The van der Waals surface area contributed by atoms with Crippen LogP contribution in [0.25, 0.3) is 0 Å². The largest absolute Gasteiger partial charge is 0.497 e. The van der Waals surface area contributed by atoms with Gasteiger partial charge in [-0.3, -0.25) is 4.79 Å². The lowest BCUT2D eigenvalue weighted by Gasteiger charge is -2.52. The molecule has 2 fully saturated rings. The van der Waals surface area contributed by atoms with Gasteiger partial charge >= 0.3 is 6.09 Å². The number of benzene rings is 1. The number of rotatable bonds is 4. The zero-order valence-corrected chi connectivity index (χ0v) is 13.5. The Bertz CT molecular complexity index is 616. The molecule has 6 heteroatoms. The van der Waals surface area contributed by atoms with Crippen molar-refractivity contribution in [2.75, 3.05) is 20.2 Å². The molecule has 0 bridgehead atoms. The fourth-order valence-electron chi connectivity index (χ4n) is 3.61. The lowest BCUT2D eigenvalue weighted by Crippen LogP contribution is -2.64. The number of methoxy groups -OCH3 is 1. The van der Waals surface area contributed by atoms with E-state index in [1.807, 2.05) is 36.1 Å². The van der Waals surface area contributed by atoms with E-state index in [2.05, 4.69) is 0 Å².